The minimum absolute atomic E-state index is 0.219. The average Bonchev–Trinajstić information content (AvgIpc) is 2.46. The number of aromatic nitrogens is 4. The van der Waals surface area contributed by atoms with Crippen molar-refractivity contribution in [3.8, 4) is 0 Å². The lowest BCUT2D eigenvalue weighted by Crippen LogP contribution is -2.20. The Morgan fingerprint density at radius 2 is 1.15 bits per heavy atom. The van der Waals surface area contributed by atoms with Gasteiger partial charge in [0.25, 0.3) is 0 Å². The van der Waals surface area contributed by atoms with Gasteiger partial charge in [0.05, 0.1) is 36.6 Å². The topological polar surface area (TPSA) is 68.6 Å². The third-order valence-electron chi connectivity index (χ3n) is 2.91. The normalized spacial score (nSPS) is 13.8. The van der Waals surface area contributed by atoms with Gasteiger partial charge in [0.2, 0.25) is 0 Å². The van der Waals surface area contributed by atoms with Crippen LogP contribution in [-0.4, -0.2) is 25.7 Å². The van der Waals surface area contributed by atoms with E-state index in [2.05, 4.69) is 19.9 Å². The molecule has 2 unspecified atom stereocenters. The Labute approximate surface area is 114 Å². The maximum atomic E-state index is 12.7. The molecule has 0 amide bonds. The molecule has 0 spiro atoms. The minimum atomic E-state index is -0.626. The first-order valence-electron chi connectivity index (χ1n) is 5.97. The Balaban J connectivity index is 2.17. The Hall–Kier alpha value is -2.31. The molecule has 7 heteroatoms. The quantitative estimate of drug-likeness (QED) is 0.855. The van der Waals surface area contributed by atoms with Gasteiger partial charge in [-0.2, -0.15) is 0 Å². The van der Waals surface area contributed by atoms with Crippen molar-refractivity contribution in [1.82, 2.24) is 19.9 Å². The fraction of sp³-hybridized carbons (Fsp3) is 0.308. The van der Waals surface area contributed by atoms with Crippen molar-refractivity contribution in [3.63, 3.8) is 0 Å². The largest absolute Gasteiger partial charge is 0.298 e. The van der Waals surface area contributed by atoms with Crippen LogP contribution in [0.2, 0.25) is 0 Å². The first-order chi connectivity index (χ1) is 9.49. The Morgan fingerprint density at radius 3 is 1.45 bits per heavy atom. The van der Waals surface area contributed by atoms with Gasteiger partial charge in [0, 0.05) is 0 Å². The standard InChI is InChI=1S/C13H12F2N4O/c1-7(12-16-3-9(14)4-17-12)11(20)8(2)13-18-5-10(15)6-19-13/h3-8H,1-2H3. The van der Waals surface area contributed by atoms with E-state index >= 15 is 0 Å². The summed E-state index contributed by atoms with van der Waals surface area (Å²) in [5.74, 6) is -2.15. The molecule has 2 aromatic rings. The fourth-order valence-corrected chi connectivity index (χ4v) is 1.72. The van der Waals surface area contributed by atoms with Crippen molar-refractivity contribution in [2.24, 2.45) is 0 Å². The minimum Gasteiger partial charge on any atom is -0.298 e. The van der Waals surface area contributed by atoms with Crippen molar-refractivity contribution in [1.29, 1.82) is 0 Å². The fourth-order valence-electron chi connectivity index (χ4n) is 1.72. The van der Waals surface area contributed by atoms with Gasteiger partial charge >= 0.3 is 0 Å². The van der Waals surface area contributed by atoms with E-state index in [0.29, 0.717) is 0 Å². The number of nitrogens with zero attached hydrogens (tertiary/aromatic N) is 4. The van der Waals surface area contributed by atoms with Gasteiger partial charge in [-0.25, -0.2) is 28.7 Å². The molecular weight excluding hydrogens is 266 g/mol. The number of ketones is 1. The molecule has 0 aromatic carbocycles. The van der Waals surface area contributed by atoms with Crippen molar-refractivity contribution < 1.29 is 13.6 Å². The Kier molecular flexibility index (Phi) is 4.07. The molecule has 20 heavy (non-hydrogen) atoms. The molecule has 5 nitrogen and oxygen atoms in total. The van der Waals surface area contributed by atoms with Crippen LogP contribution in [0.1, 0.15) is 37.3 Å². The number of carbonyl (C=O) groups excluding carboxylic acids is 1. The number of hydrogen-bond donors (Lipinski definition) is 0. The number of hydrogen-bond acceptors (Lipinski definition) is 5. The van der Waals surface area contributed by atoms with Crippen LogP contribution in [0, 0.1) is 11.6 Å². The monoisotopic (exact) mass is 278 g/mol. The summed E-state index contributed by atoms with van der Waals surface area (Å²) in [6, 6.07) is 0. The van der Waals surface area contributed by atoms with Crippen LogP contribution in [0.25, 0.3) is 0 Å². The summed E-state index contributed by atoms with van der Waals surface area (Å²) in [7, 11) is 0. The van der Waals surface area contributed by atoms with E-state index in [1.807, 2.05) is 0 Å². The van der Waals surface area contributed by atoms with Gasteiger partial charge in [0.1, 0.15) is 11.6 Å². The lowest BCUT2D eigenvalue weighted by atomic mass is 9.94. The number of rotatable bonds is 4. The van der Waals surface area contributed by atoms with Crippen molar-refractivity contribution in [3.05, 3.63) is 48.1 Å². The molecule has 0 aliphatic carbocycles. The zero-order valence-corrected chi connectivity index (χ0v) is 10.9. The predicted octanol–water partition coefficient (Wildman–Crippen LogP) is 2.02. The zero-order chi connectivity index (χ0) is 14.7. The first-order valence-corrected chi connectivity index (χ1v) is 5.97. The van der Waals surface area contributed by atoms with E-state index in [4.69, 9.17) is 0 Å². The number of Topliss-reactive ketones (excluding diaryl/α,β-unsaturated/α-hetero) is 1. The average molecular weight is 278 g/mol. The highest BCUT2D eigenvalue weighted by molar-refractivity contribution is 5.89. The summed E-state index contributed by atoms with van der Waals surface area (Å²) in [6.45, 7) is 3.24. The van der Waals surface area contributed by atoms with Crippen molar-refractivity contribution in [2.45, 2.75) is 25.7 Å². The molecule has 0 aliphatic rings. The van der Waals surface area contributed by atoms with Crippen molar-refractivity contribution in [2.75, 3.05) is 0 Å². The molecule has 2 aromatic heterocycles. The van der Waals surface area contributed by atoms with E-state index in [1.165, 1.54) is 0 Å². The molecule has 0 radical (unpaired) electrons. The molecule has 0 saturated heterocycles. The summed E-state index contributed by atoms with van der Waals surface area (Å²) >= 11 is 0. The highest BCUT2D eigenvalue weighted by Crippen LogP contribution is 2.21. The Morgan fingerprint density at radius 1 is 0.850 bits per heavy atom. The van der Waals surface area contributed by atoms with E-state index < -0.39 is 23.5 Å². The third-order valence-corrected chi connectivity index (χ3v) is 2.91. The molecule has 2 heterocycles. The molecule has 2 atom stereocenters. The molecule has 0 aliphatic heterocycles. The molecule has 0 bridgehead atoms. The summed E-state index contributed by atoms with van der Waals surface area (Å²) < 4.78 is 25.5. The van der Waals surface area contributed by atoms with E-state index in [1.54, 1.807) is 13.8 Å². The lowest BCUT2D eigenvalue weighted by molar-refractivity contribution is -0.121. The zero-order valence-electron chi connectivity index (χ0n) is 10.9. The van der Waals surface area contributed by atoms with Gasteiger partial charge in [-0.3, -0.25) is 4.79 Å². The lowest BCUT2D eigenvalue weighted by Gasteiger charge is -2.13. The second kappa shape index (κ2) is 5.77. The van der Waals surface area contributed by atoms with Crippen LogP contribution in [0.5, 0.6) is 0 Å². The highest BCUT2D eigenvalue weighted by atomic mass is 19.1. The predicted molar refractivity (Wildman–Crippen MR) is 65.8 cm³/mol. The molecule has 2 rings (SSSR count). The van der Waals surface area contributed by atoms with E-state index in [0.717, 1.165) is 24.8 Å². The maximum absolute atomic E-state index is 12.7. The van der Waals surface area contributed by atoms with Crippen LogP contribution >= 0.6 is 0 Å². The van der Waals surface area contributed by atoms with E-state index in [-0.39, 0.29) is 17.4 Å². The second-order valence-corrected chi connectivity index (χ2v) is 4.36. The SMILES string of the molecule is CC(C(=O)C(C)c1ncc(F)cn1)c1ncc(F)cn1. The van der Waals surface area contributed by atoms with Gasteiger partial charge < -0.3 is 0 Å². The summed E-state index contributed by atoms with van der Waals surface area (Å²) in [4.78, 5) is 27.4. The number of halogens is 2. The first kappa shape index (κ1) is 14.1. The molecular formula is C13H12F2N4O. The summed E-state index contributed by atoms with van der Waals surface area (Å²) in [6.07, 6.45) is 4.02. The van der Waals surface area contributed by atoms with Gasteiger partial charge in [-0.1, -0.05) is 0 Å². The van der Waals surface area contributed by atoms with Crippen LogP contribution < -0.4 is 0 Å². The van der Waals surface area contributed by atoms with Crippen LogP contribution in [0.4, 0.5) is 8.78 Å². The van der Waals surface area contributed by atoms with Crippen LogP contribution in [-0.2, 0) is 4.79 Å². The van der Waals surface area contributed by atoms with Gasteiger partial charge in [-0.15, -0.1) is 0 Å². The van der Waals surface area contributed by atoms with Crippen LogP contribution in [0.3, 0.4) is 0 Å². The Bertz CT molecular complexity index is 547. The molecule has 104 valence electrons. The highest BCUT2D eigenvalue weighted by Gasteiger charge is 2.26. The summed E-state index contributed by atoms with van der Waals surface area (Å²) in [5, 5.41) is 0. The van der Waals surface area contributed by atoms with Gasteiger partial charge in [-0.05, 0) is 13.8 Å². The molecule has 0 N–H and O–H groups in total. The number of carbonyl (C=O) groups is 1. The maximum Gasteiger partial charge on any atom is 0.159 e. The molecule has 0 fully saturated rings. The smallest absolute Gasteiger partial charge is 0.159 e. The summed E-state index contributed by atoms with van der Waals surface area (Å²) in [5.41, 5.74) is 0. The van der Waals surface area contributed by atoms with E-state index in [9.17, 15) is 13.6 Å². The third kappa shape index (κ3) is 2.98. The van der Waals surface area contributed by atoms with Crippen molar-refractivity contribution >= 4 is 5.78 Å². The van der Waals surface area contributed by atoms with Gasteiger partial charge in [0.15, 0.2) is 17.4 Å². The van der Waals surface area contributed by atoms with Crippen LogP contribution in [0.15, 0.2) is 24.8 Å². The second-order valence-electron chi connectivity index (χ2n) is 4.36. The molecule has 0 saturated carbocycles.